The third-order valence-corrected chi connectivity index (χ3v) is 5.25. The molecule has 1 aliphatic carbocycles. The predicted molar refractivity (Wildman–Crippen MR) is 94.9 cm³/mol. The van der Waals surface area contributed by atoms with Crippen molar-refractivity contribution < 1.29 is 23.9 Å². The van der Waals surface area contributed by atoms with Gasteiger partial charge in [0.2, 0.25) is 4.33 Å². The molecule has 0 saturated heterocycles. The summed E-state index contributed by atoms with van der Waals surface area (Å²) in [5.41, 5.74) is 0.658. The number of anilines is 1. The van der Waals surface area contributed by atoms with E-state index in [0.717, 1.165) is 0 Å². The first-order chi connectivity index (χ1) is 12.3. The molecule has 2 aromatic rings. The molecule has 8 heteroatoms. The summed E-state index contributed by atoms with van der Waals surface area (Å²) in [5, 5.41) is 2.52. The molecular formula is C18H11Cl2NO5. The van der Waals surface area contributed by atoms with Crippen LogP contribution in [0.1, 0.15) is 37.4 Å². The van der Waals surface area contributed by atoms with Crippen LogP contribution in [0.15, 0.2) is 24.3 Å². The molecule has 0 bridgehead atoms. The predicted octanol–water partition coefficient (Wildman–Crippen LogP) is 3.06. The summed E-state index contributed by atoms with van der Waals surface area (Å²) in [6, 6.07) is 6.43. The number of hydrogen-bond donors (Lipinski definition) is 1. The molecule has 0 unspecified atom stereocenters. The molecule has 6 nitrogen and oxygen atoms in total. The summed E-state index contributed by atoms with van der Waals surface area (Å²) >= 11 is 12.4. The van der Waals surface area contributed by atoms with Crippen LogP contribution in [0.5, 0.6) is 11.5 Å². The van der Waals surface area contributed by atoms with Crippen LogP contribution < -0.4 is 14.8 Å². The van der Waals surface area contributed by atoms with Crippen LogP contribution in [0, 0.1) is 0 Å². The van der Waals surface area contributed by atoms with Crippen LogP contribution in [0.4, 0.5) is 5.69 Å². The molecule has 1 amide bonds. The average molecular weight is 392 g/mol. The minimum atomic E-state index is -1.98. The minimum Gasteiger partial charge on any atom is -0.495 e. The van der Waals surface area contributed by atoms with Gasteiger partial charge in [0.15, 0.2) is 17.3 Å². The van der Waals surface area contributed by atoms with Crippen molar-refractivity contribution in [2.24, 2.45) is 0 Å². The van der Waals surface area contributed by atoms with E-state index in [2.05, 4.69) is 5.32 Å². The fourth-order valence-corrected chi connectivity index (χ4v) is 3.87. The standard InChI is InChI=1S/C18H11Cl2NO5/c1-25-15-9-10(14(23)8-6-4-3-5-7(8)13(9)22)16(26-2)12-11(15)18(19,20)17(24)21-12/h3-6H,1-2H3,(H,21,24). The number of halogens is 2. The molecule has 0 spiro atoms. The van der Waals surface area contributed by atoms with Gasteiger partial charge in [-0.05, 0) is 0 Å². The topological polar surface area (TPSA) is 81.7 Å². The van der Waals surface area contributed by atoms with E-state index in [-0.39, 0.29) is 45.0 Å². The van der Waals surface area contributed by atoms with Gasteiger partial charge in [-0.1, -0.05) is 47.5 Å². The lowest BCUT2D eigenvalue weighted by molar-refractivity contribution is -0.116. The fourth-order valence-electron chi connectivity index (χ4n) is 3.42. The molecule has 0 fully saturated rings. The molecule has 26 heavy (non-hydrogen) atoms. The van der Waals surface area contributed by atoms with Gasteiger partial charge in [-0.2, -0.15) is 0 Å². The average Bonchev–Trinajstić information content (AvgIpc) is 2.87. The second-order valence-electron chi connectivity index (χ2n) is 5.80. The maximum atomic E-state index is 13.1. The van der Waals surface area contributed by atoms with E-state index in [9.17, 15) is 14.4 Å². The number of carbonyl (C=O) groups excluding carboxylic acids is 3. The minimum absolute atomic E-state index is 0.0122. The van der Waals surface area contributed by atoms with Crippen LogP contribution in [0.3, 0.4) is 0 Å². The first kappa shape index (κ1) is 16.9. The van der Waals surface area contributed by atoms with Crippen molar-refractivity contribution in [3.8, 4) is 11.5 Å². The summed E-state index contributed by atoms with van der Waals surface area (Å²) in [6.45, 7) is 0. The summed E-state index contributed by atoms with van der Waals surface area (Å²) in [5.74, 6) is -1.56. The quantitative estimate of drug-likeness (QED) is 0.678. The SMILES string of the molecule is COc1c2c(c(OC)c3c1C(=O)c1ccccc1C3=O)C(Cl)(Cl)C(=O)N2. The Morgan fingerprint density at radius 2 is 1.38 bits per heavy atom. The van der Waals surface area contributed by atoms with Gasteiger partial charge in [0.25, 0.3) is 5.91 Å². The second kappa shape index (κ2) is 5.46. The van der Waals surface area contributed by atoms with E-state index in [1.54, 1.807) is 24.3 Å². The largest absolute Gasteiger partial charge is 0.495 e. The highest BCUT2D eigenvalue weighted by Crippen LogP contribution is 2.56. The third-order valence-electron chi connectivity index (χ3n) is 4.52. The van der Waals surface area contributed by atoms with Crippen molar-refractivity contribution in [3.05, 3.63) is 52.1 Å². The molecule has 0 aromatic heterocycles. The Kier molecular flexibility index (Phi) is 3.54. The molecule has 0 radical (unpaired) electrons. The molecule has 0 saturated carbocycles. The van der Waals surface area contributed by atoms with E-state index in [1.165, 1.54) is 14.2 Å². The lowest BCUT2D eigenvalue weighted by Gasteiger charge is -2.25. The Bertz CT molecular complexity index is 1030. The maximum Gasteiger partial charge on any atom is 0.265 e. The lowest BCUT2D eigenvalue weighted by atomic mass is 9.81. The Morgan fingerprint density at radius 1 is 0.885 bits per heavy atom. The third kappa shape index (κ3) is 1.91. The van der Waals surface area contributed by atoms with Gasteiger partial charge in [0.1, 0.15) is 5.75 Å². The number of alkyl halides is 2. The van der Waals surface area contributed by atoms with Crippen molar-refractivity contribution in [1.29, 1.82) is 0 Å². The molecule has 2 aliphatic rings. The van der Waals surface area contributed by atoms with E-state index in [4.69, 9.17) is 32.7 Å². The molecule has 2 aromatic carbocycles. The van der Waals surface area contributed by atoms with Crippen LogP contribution in [0.2, 0.25) is 0 Å². The zero-order valence-electron chi connectivity index (χ0n) is 13.6. The Hall–Kier alpha value is -2.57. The lowest BCUT2D eigenvalue weighted by Crippen LogP contribution is -2.25. The van der Waals surface area contributed by atoms with E-state index in [1.807, 2.05) is 0 Å². The number of benzene rings is 2. The van der Waals surface area contributed by atoms with Gasteiger partial charge in [0, 0.05) is 11.1 Å². The smallest absolute Gasteiger partial charge is 0.265 e. The highest BCUT2D eigenvalue weighted by atomic mass is 35.5. The van der Waals surface area contributed by atoms with Gasteiger partial charge in [-0.25, -0.2) is 0 Å². The van der Waals surface area contributed by atoms with Crippen LogP contribution >= 0.6 is 23.2 Å². The number of rotatable bonds is 2. The second-order valence-corrected chi connectivity index (χ2v) is 7.13. The number of carbonyl (C=O) groups is 3. The Morgan fingerprint density at radius 3 is 1.88 bits per heavy atom. The van der Waals surface area contributed by atoms with E-state index in [0.29, 0.717) is 0 Å². The number of ether oxygens (including phenoxy) is 2. The van der Waals surface area contributed by atoms with Crippen molar-refractivity contribution in [3.63, 3.8) is 0 Å². The summed E-state index contributed by atoms with van der Waals surface area (Å²) in [7, 11) is 2.64. The zero-order valence-corrected chi connectivity index (χ0v) is 15.1. The Labute approximate surface area is 158 Å². The van der Waals surface area contributed by atoms with Crippen molar-refractivity contribution in [1.82, 2.24) is 0 Å². The molecule has 132 valence electrons. The molecule has 1 N–H and O–H groups in total. The van der Waals surface area contributed by atoms with Crippen LogP contribution in [-0.2, 0) is 9.13 Å². The van der Waals surface area contributed by atoms with Crippen molar-refractivity contribution in [2.45, 2.75) is 4.33 Å². The first-order valence-corrected chi connectivity index (χ1v) is 8.30. The number of ketones is 2. The van der Waals surface area contributed by atoms with Crippen molar-refractivity contribution in [2.75, 3.05) is 19.5 Å². The highest BCUT2D eigenvalue weighted by molar-refractivity contribution is 6.60. The maximum absolute atomic E-state index is 13.1. The van der Waals surface area contributed by atoms with Gasteiger partial charge in [0.05, 0.1) is 36.6 Å². The van der Waals surface area contributed by atoms with Gasteiger partial charge in [-0.15, -0.1) is 0 Å². The first-order valence-electron chi connectivity index (χ1n) is 7.54. The fraction of sp³-hybridized carbons (Fsp3) is 0.167. The van der Waals surface area contributed by atoms with Gasteiger partial charge >= 0.3 is 0 Å². The zero-order chi connectivity index (χ0) is 18.8. The molecule has 4 rings (SSSR count). The molecular weight excluding hydrogens is 381 g/mol. The molecule has 0 atom stereocenters. The van der Waals surface area contributed by atoms with E-state index >= 15 is 0 Å². The van der Waals surface area contributed by atoms with Crippen LogP contribution in [0.25, 0.3) is 0 Å². The normalized spacial score (nSPS) is 16.5. The van der Waals surface area contributed by atoms with Crippen LogP contribution in [-0.4, -0.2) is 31.7 Å². The number of hydrogen-bond acceptors (Lipinski definition) is 5. The monoisotopic (exact) mass is 391 g/mol. The van der Waals surface area contributed by atoms with Gasteiger partial charge in [-0.3, -0.25) is 14.4 Å². The molecule has 1 heterocycles. The number of fused-ring (bicyclic) bond motifs is 3. The molecule has 1 aliphatic heterocycles. The Balaban J connectivity index is 2.17. The number of methoxy groups -OCH3 is 2. The summed E-state index contributed by atoms with van der Waals surface area (Å²) in [6.07, 6.45) is 0. The number of amides is 1. The number of nitrogens with one attached hydrogen (secondary N) is 1. The van der Waals surface area contributed by atoms with Crippen molar-refractivity contribution >= 4 is 46.4 Å². The summed E-state index contributed by atoms with van der Waals surface area (Å²) < 4.78 is 8.77. The van der Waals surface area contributed by atoms with E-state index < -0.39 is 21.8 Å². The highest BCUT2D eigenvalue weighted by Gasteiger charge is 2.51. The van der Waals surface area contributed by atoms with Gasteiger partial charge < -0.3 is 14.8 Å². The summed E-state index contributed by atoms with van der Waals surface area (Å²) in [4.78, 5) is 38.4.